The number of aryl methyl sites for hydroxylation is 4. The summed E-state index contributed by atoms with van der Waals surface area (Å²) in [6, 6.07) is 73.2. The molecule has 398 valence electrons. The third kappa shape index (κ3) is 9.26. The summed E-state index contributed by atoms with van der Waals surface area (Å²) in [6.07, 6.45) is -10.1. The van der Waals surface area contributed by atoms with E-state index in [1.54, 1.807) is 24.3 Å². The first-order chi connectivity index (χ1) is 39.4. The lowest BCUT2D eigenvalue weighted by molar-refractivity contribution is -0.143. The maximum atomic E-state index is 14.7. The number of nitrogens with zero attached hydrogens (tertiary/aromatic N) is 3. The standard InChI is InChI=1S/C73H49F6N3/c1-43-5-14-48(15-6-43)52-23-29-66-62(36-52)63-37-53(49-16-7-44(2)8-17-49)24-30-67(63)81(66)70-33-47(42-80)13-27-60(70)61-28-22-56(57-34-58(72(74,75)76)41-59(35-57)73(77,78)79)40-71(61)82-68-31-25-54(50-18-9-45(3)10-19-50)38-64(68)65-39-55(26-32-69(65)82)51-20-11-46(4)12-21-51/h5-41H,1-4H3. The van der Waals surface area contributed by atoms with Crippen molar-refractivity contribution in [3.63, 3.8) is 0 Å². The summed E-state index contributed by atoms with van der Waals surface area (Å²) in [5, 5.41) is 14.4. The van der Waals surface area contributed by atoms with Gasteiger partial charge in [0, 0.05) is 32.7 Å². The average molecular weight is 1080 g/mol. The molecule has 2 heterocycles. The van der Waals surface area contributed by atoms with Gasteiger partial charge in [-0.25, -0.2) is 0 Å². The first-order valence-electron chi connectivity index (χ1n) is 26.9. The van der Waals surface area contributed by atoms with E-state index >= 15 is 0 Å². The molecule has 0 aliphatic heterocycles. The van der Waals surface area contributed by atoms with E-state index in [9.17, 15) is 31.6 Å². The van der Waals surface area contributed by atoms with E-state index in [0.717, 1.165) is 123 Å². The number of halogens is 6. The summed E-state index contributed by atoms with van der Waals surface area (Å²) in [5.41, 5.74) is 15.6. The molecule has 2 aromatic heterocycles. The smallest absolute Gasteiger partial charge is 0.309 e. The molecule has 0 fully saturated rings. The highest BCUT2D eigenvalue weighted by Crippen LogP contribution is 2.46. The number of nitriles is 1. The zero-order valence-electron chi connectivity index (χ0n) is 45.0. The molecule has 0 N–H and O–H groups in total. The lowest BCUT2D eigenvalue weighted by Gasteiger charge is -2.21. The van der Waals surface area contributed by atoms with E-state index in [0.29, 0.717) is 28.1 Å². The summed E-state index contributed by atoms with van der Waals surface area (Å²) in [5.74, 6) is 0. The Balaban J connectivity index is 1.12. The maximum absolute atomic E-state index is 14.7. The molecule has 0 amide bonds. The summed E-state index contributed by atoms with van der Waals surface area (Å²) >= 11 is 0. The van der Waals surface area contributed by atoms with Crippen LogP contribution in [0.5, 0.6) is 0 Å². The fourth-order valence-electron chi connectivity index (χ4n) is 11.5. The second-order valence-corrected chi connectivity index (χ2v) is 21.4. The molecule has 0 saturated heterocycles. The monoisotopic (exact) mass is 1080 g/mol. The van der Waals surface area contributed by atoms with Gasteiger partial charge in [-0.2, -0.15) is 31.6 Å². The van der Waals surface area contributed by atoms with Crippen LogP contribution in [-0.2, 0) is 12.4 Å². The number of rotatable bonds is 8. The minimum absolute atomic E-state index is 0.136. The molecular weight excluding hydrogens is 1030 g/mol. The molecule has 0 radical (unpaired) electrons. The number of hydrogen-bond acceptors (Lipinski definition) is 1. The minimum atomic E-state index is -5.07. The van der Waals surface area contributed by atoms with Gasteiger partial charge in [0.05, 0.1) is 56.2 Å². The number of alkyl halides is 6. The van der Waals surface area contributed by atoms with Crippen molar-refractivity contribution in [3.8, 4) is 84.2 Å². The SMILES string of the molecule is Cc1ccc(-c2ccc3c(c2)c2cc(-c4ccc(C)cc4)ccc2n3-c2cc(C#N)ccc2-c2ccc(-c3cc(C(F)(F)F)cc(C(F)(F)F)c3)cc2-n2c3ccc(-c4ccc(C)cc4)cc3c3cc(-c4ccc(C)cc4)ccc32)cc1. The molecule has 13 aromatic rings. The molecule has 11 aromatic carbocycles. The Morgan fingerprint density at radius 1 is 0.293 bits per heavy atom. The Bertz CT molecular complexity index is 4490. The van der Waals surface area contributed by atoms with Gasteiger partial charge >= 0.3 is 12.4 Å². The van der Waals surface area contributed by atoms with Gasteiger partial charge in [0.2, 0.25) is 0 Å². The van der Waals surface area contributed by atoms with Crippen LogP contribution < -0.4 is 0 Å². The van der Waals surface area contributed by atoms with Crippen LogP contribution in [0.3, 0.4) is 0 Å². The molecule has 0 aliphatic carbocycles. The highest BCUT2D eigenvalue weighted by Gasteiger charge is 2.37. The Hall–Kier alpha value is -9.91. The lowest BCUT2D eigenvalue weighted by Crippen LogP contribution is -2.11. The Kier molecular flexibility index (Phi) is 12.4. The number of benzene rings is 11. The molecule has 0 atom stereocenters. The minimum Gasteiger partial charge on any atom is -0.309 e. The first kappa shape index (κ1) is 51.5. The maximum Gasteiger partial charge on any atom is 0.416 e. The van der Waals surface area contributed by atoms with Gasteiger partial charge in [-0.3, -0.25) is 0 Å². The Morgan fingerprint density at radius 2 is 0.573 bits per heavy atom. The van der Waals surface area contributed by atoms with Crippen LogP contribution in [0.4, 0.5) is 26.3 Å². The van der Waals surface area contributed by atoms with E-state index in [-0.39, 0.29) is 17.2 Å². The highest BCUT2D eigenvalue weighted by molar-refractivity contribution is 6.14. The summed E-state index contributed by atoms with van der Waals surface area (Å²) in [7, 11) is 0. The summed E-state index contributed by atoms with van der Waals surface area (Å²) in [4.78, 5) is 0. The second-order valence-electron chi connectivity index (χ2n) is 21.4. The molecule has 0 saturated carbocycles. The van der Waals surface area contributed by atoms with Crippen LogP contribution in [0.25, 0.3) is 122 Å². The molecule has 9 heteroatoms. The van der Waals surface area contributed by atoms with Gasteiger partial charge in [0.25, 0.3) is 0 Å². The highest BCUT2D eigenvalue weighted by atomic mass is 19.4. The van der Waals surface area contributed by atoms with Crippen molar-refractivity contribution in [3.05, 3.63) is 263 Å². The van der Waals surface area contributed by atoms with Crippen molar-refractivity contribution in [2.45, 2.75) is 40.0 Å². The number of hydrogen-bond donors (Lipinski definition) is 0. The first-order valence-corrected chi connectivity index (χ1v) is 26.9. The number of aromatic nitrogens is 2. The molecule has 0 spiro atoms. The molecule has 0 aliphatic rings. The third-order valence-electron chi connectivity index (χ3n) is 15.9. The zero-order chi connectivity index (χ0) is 56.8. The fraction of sp³-hybridized carbons (Fsp3) is 0.0822. The van der Waals surface area contributed by atoms with Gasteiger partial charge in [-0.1, -0.05) is 162 Å². The quantitative estimate of drug-likeness (QED) is 0.140. The van der Waals surface area contributed by atoms with Gasteiger partial charge in [-0.15, -0.1) is 0 Å². The van der Waals surface area contributed by atoms with Gasteiger partial charge in [0.1, 0.15) is 0 Å². The van der Waals surface area contributed by atoms with Crippen LogP contribution in [-0.4, -0.2) is 9.13 Å². The third-order valence-corrected chi connectivity index (χ3v) is 15.9. The van der Waals surface area contributed by atoms with Gasteiger partial charge in [0.15, 0.2) is 0 Å². The molecule has 13 rings (SSSR count). The second kappa shape index (κ2) is 19.7. The number of fused-ring (bicyclic) bond motifs is 6. The van der Waals surface area contributed by atoms with E-state index in [4.69, 9.17) is 0 Å². The van der Waals surface area contributed by atoms with Crippen molar-refractivity contribution in [2.24, 2.45) is 0 Å². The molecular formula is C73H49F6N3. The van der Waals surface area contributed by atoms with Gasteiger partial charge < -0.3 is 9.13 Å². The summed E-state index contributed by atoms with van der Waals surface area (Å²) in [6.45, 7) is 8.18. The van der Waals surface area contributed by atoms with Crippen LogP contribution in [0, 0.1) is 39.0 Å². The van der Waals surface area contributed by atoms with E-state index in [1.807, 2.05) is 50.2 Å². The molecule has 0 bridgehead atoms. The van der Waals surface area contributed by atoms with Crippen LogP contribution in [0.2, 0.25) is 0 Å². The van der Waals surface area contributed by atoms with E-state index < -0.39 is 23.5 Å². The van der Waals surface area contributed by atoms with Crippen molar-refractivity contribution in [2.75, 3.05) is 0 Å². The predicted octanol–water partition coefficient (Wildman–Crippen LogP) is 21.0. The van der Waals surface area contributed by atoms with Crippen LogP contribution >= 0.6 is 0 Å². The van der Waals surface area contributed by atoms with Crippen LogP contribution in [0.1, 0.15) is 38.9 Å². The summed E-state index contributed by atoms with van der Waals surface area (Å²) < 4.78 is 92.1. The predicted molar refractivity (Wildman–Crippen MR) is 321 cm³/mol. The van der Waals surface area contributed by atoms with Gasteiger partial charge in [-0.05, 0) is 168 Å². The largest absolute Gasteiger partial charge is 0.416 e. The fourth-order valence-corrected chi connectivity index (χ4v) is 11.5. The topological polar surface area (TPSA) is 33.6 Å². The Morgan fingerprint density at radius 3 is 0.890 bits per heavy atom. The normalized spacial score (nSPS) is 12.0. The lowest BCUT2D eigenvalue weighted by atomic mass is 9.94. The zero-order valence-corrected chi connectivity index (χ0v) is 45.0. The molecule has 82 heavy (non-hydrogen) atoms. The van der Waals surface area contributed by atoms with E-state index in [1.165, 1.54) is 0 Å². The molecule has 0 unspecified atom stereocenters. The van der Waals surface area contributed by atoms with Crippen molar-refractivity contribution in [1.29, 1.82) is 5.26 Å². The average Bonchev–Trinajstić information content (AvgIpc) is 2.83. The van der Waals surface area contributed by atoms with Crippen molar-refractivity contribution < 1.29 is 26.3 Å². The van der Waals surface area contributed by atoms with E-state index in [2.05, 4.69) is 175 Å². The van der Waals surface area contributed by atoms with Crippen molar-refractivity contribution >= 4 is 43.6 Å². The molecule has 3 nitrogen and oxygen atoms in total. The van der Waals surface area contributed by atoms with Crippen LogP contribution in [0.15, 0.2) is 224 Å². The van der Waals surface area contributed by atoms with Crippen molar-refractivity contribution in [1.82, 2.24) is 9.13 Å². The Labute approximate surface area is 469 Å².